The molecule has 4 nitrogen and oxygen atoms in total. The van der Waals surface area contributed by atoms with Crippen molar-refractivity contribution in [3.05, 3.63) is 72.8 Å². The number of rotatable bonds is 9. The molecule has 2 rings (SSSR count). The van der Waals surface area contributed by atoms with Crippen molar-refractivity contribution < 1.29 is 16.8 Å². The molecule has 7 heteroatoms. The van der Waals surface area contributed by atoms with Gasteiger partial charge in [-0.2, -0.15) is 0 Å². The minimum atomic E-state index is -4.32. The molecule has 0 aromatic heterocycles. The van der Waals surface area contributed by atoms with E-state index in [2.05, 4.69) is 25.6 Å². The Morgan fingerprint density at radius 3 is 1.63 bits per heavy atom. The number of allylic oxidation sites excluding steroid dienone is 2. The second kappa shape index (κ2) is 9.34. The molecule has 0 aliphatic rings. The van der Waals surface area contributed by atoms with Crippen molar-refractivity contribution in [1.82, 2.24) is 0 Å². The van der Waals surface area contributed by atoms with Crippen molar-refractivity contribution in [3.8, 4) is 12.3 Å². The standard InChI is InChI=1S/C23H28O4S2Si/c1-5-18-23(19-12-13-20-30(2,3)4,28(24,25)21-14-8-6-9-15-21)29(26,27)22-16-10-7-11-17-22/h1,6-17H,18-20H2,2-4H3/b13-12-. The van der Waals surface area contributed by atoms with Crippen LogP contribution < -0.4 is 0 Å². The number of hydrogen-bond donors (Lipinski definition) is 0. The van der Waals surface area contributed by atoms with E-state index in [1.54, 1.807) is 42.5 Å². The number of hydrogen-bond acceptors (Lipinski definition) is 4. The summed E-state index contributed by atoms with van der Waals surface area (Å²) in [5, 5.41) is 0. The molecule has 0 spiro atoms. The Kier molecular flexibility index (Phi) is 7.51. The van der Waals surface area contributed by atoms with Gasteiger partial charge in [-0.3, -0.25) is 0 Å². The van der Waals surface area contributed by atoms with Crippen molar-refractivity contribution in [3.63, 3.8) is 0 Å². The van der Waals surface area contributed by atoms with Gasteiger partial charge in [-0.15, -0.1) is 12.3 Å². The predicted octanol–water partition coefficient (Wildman–Crippen LogP) is 4.94. The van der Waals surface area contributed by atoms with E-state index in [0.29, 0.717) is 0 Å². The van der Waals surface area contributed by atoms with Crippen LogP contribution in [0.3, 0.4) is 0 Å². The Hall–Kier alpha value is -2.14. The highest BCUT2D eigenvalue weighted by Crippen LogP contribution is 2.41. The highest BCUT2D eigenvalue weighted by molar-refractivity contribution is 8.10. The van der Waals surface area contributed by atoms with E-state index in [4.69, 9.17) is 6.42 Å². The molecular weight excluding hydrogens is 432 g/mol. The predicted molar refractivity (Wildman–Crippen MR) is 125 cm³/mol. The van der Waals surface area contributed by atoms with E-state index in [1.165, 1.54) is 24.3 Å². The summed E-state index contributed by atoms with van der Waals surface area (Å²) in [6, 6.07) is 16.1. The van der Waals surface area contributed by atoms with Crippen molar-refractivity contribution >= 4 is 27.7 Å². The lowest BCUT2D eigenvalue weighted by Gasteiger charge is -2.31. The van der Waals surface area contributed by atoms with E-state index in [-0.39, 0.29) is 16.2 Å². The van der Waals surface area contributed by atoms with Gasteiger partial charge in [0.05, 0.1) is 9.79 Å². The maximum atomic E-state index is 13.8. The monoisotopic (exact) mass is 460 g/mol. The average molecular weight is 461 g/mol. The van der Waals surface area contributed by atoms with Gasteiger partial charge in [0.25, 0.3) is 0 Å². The van der Waals surface area contributed by atoms with Crippen LogP contribution in [0.1, 0.15) is 12.8 Å². The topological polar surface area (TPSA) is 68.3 Å². The first-order valence-electron chi connectivity index (χ1n) is 9.66. The molecule has 0 N–H and O–H groups in total. The molecule has 0 saturated carbocycles. The molecule has 0 amide bonds. The molecular formula is C23H28O4S2Si. The molecule has 0 aliphatic heterocycles. The average Bonchev–Trinajstić information content (AvgIpc) is 2.70. The van der Waals surface area contributed by atoms with Crippen LogP contribution in [0.25, 0.3) is 0 Å². The highest BCUT2D eigenvalue weighted by atomic mass is 32.3. The van der Waals surface area contributed by atoms with E-state index in [0.717, 1.165) is 6.04 Å². The second-order valence-corrected chi connectivity index (χ2v) is 18.7. The lowest BCUT2D eigenvalue weighted by atomic mass is 10.2. The summed E-state index contributed by atoms with van der Waals surface area (Å²) in [5.74, 6) is 2.33. The van der Waals surface area contributed by atoms with Gasteiger partial charge in [0.15, 0.2) is 23.8 Å². The summed E-state index contributed by atoms with van der Waals surface area (Å²) in [4.78, 5) is -0.114. The molecule has 160 valence electrons. The fraction of sp³-hybridized carbons (Fsp3) is 0.304. The smallest absolute Gasteiger partial charge is 0.200 e. The van der Waals surface area contributed by atoms with Crippen LogP contribution in [0, 0.1) is 12.3 Å². The fourth-order valence-electron chi connectivity index (χ4n) is 3.11. The Morgan fingerprint density at radius 1 is 0.833 bits per heavy atom. The summed E-state index contributed by atoms with van der Waals surface area (Å²) in [7, 11) is -10.1. The SMILES string of the molecule is C#CCC(C/C=C\C[Si](C)(C)C)(S(=O)(=O)c1ccccc1)S(=O)(=O)c1ccccc1. The molecule has 2 aromatic carbocycles. The van der Waals surface area contributed by atoms with Gasteiger partial charge in [-0.1, -0.05) is 68.2 Å². The number of terminal acetylenes is 1. The summed E-state index contributed by atoms with van der Waals surface area (Å²) < 4.78 is 52.8. The van der Waals surface area contributed by atoms with Crippen molar-refractivity contribution in [1.29, 1.82) is 0 Å². The van der Waals surface area contributed by atoms with Gasteiger partial charge in [-0.25, -0.2) is 16.8 Å². The van der Waals surface area contributed by atoms with E-state index in [1.807, 2.05) is 6.08 Å². The first-order valence-corrected chi connectivity index (χ1v) is 16.3. The van der Waals surface area contributed by atoms with E-state index >= 15 is 0 Å². The molecule has 30 heavy (non-hydrogen) atoms. The minimum absolute atomic E-state index is 0.0571. The molecule has 0 heterocycles. The Balaban J connectivity index is 2.73. The van der Waals surface area contributed by atoms with Gasteiger partial charge in [-0.05, 0) is 30.3 Å². The zero-order chi connectivity index (χ0) is 22.5. The zero-order valence-corrected chi connectivity index (χ0v) is 20.2. The van der Waals surface area contributed by atoms with Gasteiger partial charge < -0.3 is 0 Å². The third-order valence-electron chi connectivity index (χ3n) is 4.78. The Bertz CT molecular complexity index is 1050. The normalized spacial score (nSPS) is 13.3. The van der Waals surface area contributed by atoms with Crippen LogP contribution in [-0.2, 0) is 19.7 Å². The Labute approximate surface area is 181 Å². The van der Waals surface area contributed by atoms with Gasteiger partial charge >= 0.3 is 0 Å². The molecule has 0 atom stereocenters. The number of sulfone groups is 2. The quantitative estimate of drug-likeness (QED) is 0.302. The molecule has 0 unspecified atom stereocenters. The number of benzene rings is 2. The van der Waals surface area contributed by atoms with Gasteiger partial charge in [0, 0.05) is 20.9 Å². The molecule has 0 aliphatic carbocycles. The summed E-state index contributed by atoms with van der Waals surface area (Å²) in [6.07, 6.45) is 8.43. The lowest BCUT2D eigenvalue weighted by molar-refractivity contribution is 0.539. The lowest BCUT2D eigenvalue weighted by Crippen LogP contribution is -2.46. The Morgan fingerprint density at radius 2 is 1.27 bits per heavy atom. The molecule has 0 radical (unpaired) electrons. The maximum absolute atomic E-state index is 13.8. The van der Waals surface area contributed by atoms with Crippen molar-refractivity contribution in [2.75, 3.05) is 0 Å². The first kappa shape index (κ1) is 24.1. The molecule has 2 aromatic rings. The van der Waals surface area contributed by atoms with Gasteiger partial charge in [0.2, 0.25) is 0 Å². The van der Waals surface area contributed by atoms with Crippen LogP contribution in [0.4, 0.5) is 0 Å². The first-order chi connectivity index (χ1) is 14.0. The van der Waals surface area contributed by atoms with Crippen molar-refractivity contribution in [2.45, 2.75) is 52.4 Å². The fourth-order valence-corrected chi connectivity index (χ4v) is 8.78. The second-order valence-electron chi connectivity index (χ2n) is 8.36. The zero-order valence-electron chi connectivity index (χ0n) is 17.6. The van der Waals surface area contributed by atoms with E-state index < -0.39 is 38.2 Å². The third-order valence-corrected chi connectivity index (χ3v) is 11.9. The highest BCUT2D eigenvalue weighted by Gasteiger charge is 2.54. The largest absolute Gasteiger partial charge is 0.222 e. The summed E-state index contributed by atoms with van der Waals surface area (Å²) in [5.41, 5.74) is 0. The van der Waals surface area contributed by atoms with Gasteiger partial charge in [0.1, 0.15) is 0 Å². The molecule has 0 fully saturated rings. The van der Waals surface area contributed by atoms with E-state index in [9.17, 15) is 16.8 Å². The maximum Gasteiger partial charge on any atom is 0.200 e. The van der Waals surface area contributed by atoms with Crippen LogP contribution >= 0.6 is 0 Å². The van der Waals surface area contributed by atoms with Crippen molar-refractivity contribution in [2.24, 2.45) is 0 Å². The summed E-state index contributed by atoms with van der Waals surface area (Å²) >= 11 is 0. The molecule has 0 saturated heterocycles. The molecule has 0 bridgehead atoms. The van der Waals surface area contributed by atoms with Crippen LogP contribution in [0.5, 0.6) is 0 Å². The third kappa shape index (κ3) is 4.94. The minimum Gasteiger partial charge on any atom is -0.222 e. The van der Waals surface area contributed by atoms with Crippen LogP contribution in [0.2, 0.25) is 25.7 Å². The van der Waals surface area contributed by atoms with Crippen LogP contribution in [-0.4, -0.2) is 29.0 Å². The summed E-state index contributed by atoms with van der Waals surface area (Å²) in [6.45, 7) is 6.56. The van der Waals surface area contributed by atoms with Crippen LogP contribution in [0.15, 0.2) is 82.6 Å².